The van der Waals surface area contributed by atoms with Gasteiger partial charge in [-0.25, -0.2) is 27.2 Å². The van der Waals surface area contributed by atoms with Crippen molar-refractivity contribution in [1.29, 1.82) is 21.6 Å². The third-order valence-electron chi connectivity index (χ3n) is 12.9. The van der Waals surface area contributed by atoms with E-state index in [4.69, 9.17) is 21.6 Å². The average molecular weight is 1020 g/mol. The Labute approximate surface area is 419 Å². The van der Waals surface area contributed by atoms with E-state index >= 15 is 8.78 Å². The van der Waals surface area contributed by atoms with Gasteiger partial charge < -0.3 is 49.6 Å². The van der Waals surface area contributed by atoms with Crippen molar-refractivity contribution in [3.8, 4) is 11.4 Å². The number of aromatic nitrogens is 2. The number of nitrogens with zero attached hydrogens (tertiary/aromatic N) is 6. The number of aromatic carboxylic acids is 2. The zero-order chi connectivity index (χ0) is 52.8. The minimum atomic E-state index is -1.48. The van der Waals surface area contributed by atoms with Crippen LogP contribution < -0.4 is 41.9 Å². The second kappa shape index (κ2) is 22.2. The lowest BCUT2D eigenvalue weighted by Gasteiger charge is -2.37. The first-order valence-corrected chi connectivity index (χ1v) is 23.6. The van der Waals surface area contributed by atoms with Gasteiger partial charge >= 0.3 is 11.9 Å². The van der Waals surface area contributed by atoms with E-state index in [2.05, 4.69) is 21.3 Å². The Hall–Kier alpha value is -8.96. The van der Waals surface area contributed by atoms with Crippen LogP contribution in [0.3, 0.4) is 0 Å². The average Bonchev–Trinajstić information content (AvgIpc) is 3.38. The van der Waals surface area contributed by atoms with Crippen LogP contribution in [0.1, 0.15) is 46.4 Å². The first kappa shape index (κ1) is 51.4. The van der Waals surface area contributed by atoms with E-state index in [9.17, 15) is 38.2 Å². The number of guanidine groups is 4. The van der Waals surface area contributed by atoms with Crippen molar-refractivity contribution in [3.05, 3.63) is 140 Å². The summed E-state index contributed by atoms with van der Waals surface area (Å²) in [5.74, 6) is -5.58. The highest BCUT2D eigenvalue weighted by atomic mass is 19.1. The quantitative estimate of drug-likeness (QED) is 0.0321. The lowest BCUT2D eigenvalue weighted by molar-refractivity contribution is 0.0684. The standard InChI is InChI=1S/C50H52F4N14O6/c51-29-5-9-31(10-6-29)67-27-35(45(71)72)43(69)33-23-37(53)41(25-39(33)67)63-15-19-65(20-16-63)49(57)61-47(55)59-13-3-1-2-4-14-60-48(56)62-50(58)66-21-17-64(18-22-66)42-26-40-34(24-38(42)54)44(70)36(46(73)74)28-68(40)32-11-7-30(52)8-12-32/h5-12,23-28H,1-4,13-22H2,(H,71,72)(H,73,74)(H4,55,57,59,61)(H4,56,58,60,62). The van der Waals surface area contributed by atoms with Gasteiger partial charge in [0.2, 0.25) is 10.9 Å². The summed E-state index contributed by atoms with van der Waals surface area (Å²) >= 11 is 0. The lowest BCUT2D eigenvalue weighted by Crippen LogP contribution is -2.55. The Kier molecular flexibility index (Phi) is 15.4. The van der Waals surface area contributed by atoms with Crippen LogP contribution in [0.5, 0.6) is 0 Å². The van der Waals surface area contributed by atoms with Gasteiger partial charge in [0.05, 0.1) is 22.4 Å². The van der Waals surface area contributed by atoms with Crippen molar-refractivity contribution in [1.82, 2.24) is 40.2 Å². The Morgan fingerprint density at radius 2 is 0.865 bits per heavy atom. The maximum atomic E-state index is 15.6. The summed E-state index contributed by atoms with van der Waals surface area (Å²) in [4.78, 5) is 56.8. The number of unbranched alkanes of at least 4 members (excludes halogenated alkanes) is 3. The molecule has 0 aliphatic carbocycles. The van der Waals surface area contributed by atoms with E-state index in [0.29, 0.717) is 76.8 Å². The molecular weight excluding hydrogens is 969 g/mol. The first-order chi connectivity index (χ1) is 35.5. The van der Waals surface area contributed by atoms with Gasteiger partial charge in [-0.2, -0.15) is 0 Å². The highest BCUT2D eigenvalue weighted by Crippen LogP contribution is 2.30. The second-order valence-electron chi connectivity index (χ2n) is 17.6. The Morgan fingerprint density at radius 1 is 0.514 bits per heavy atom. The molecule has 24 heteroatoms. The number of benzene rings is 4. The van der Waals surface area contributed by atoms with Crippen LogP contribution in [-0.2, 0) is 0 Å². The highest BCUT2D eigenvalue weighted by Gasteiger charge is 2.27. The van der Waals surface area contributed by atoms with Crippen LogP contribution in [-0.4, -0.2) is 130 Å². The highest BCUT2D eigenvalue weighted by molar-refractivity contribution is 5.98. The number of rotatable bonds is 13. The smallest absolute Gasteiger partial charge is 0.341 e. The Morgan fingerprint density at radius 3 is 1.20 bits per heavy atom. The van der Waals surface area contributed by atoms with Crippen molar-refractivity contribution in [2.75, 3.05) is 75.2 Å². The van der Waals surface area contributed by atoms with Gasteiger partial charge in [-0.3, -0.25) is 41.9 Å². The molecule has 2 aromatic heterocycles. The van der Waals surface area contributed by atoms with Crippen LogP contribution in [0.2, 0.25) is 0 Å². The number of nitrogens with one attached hydrogen (secondary N) is 8. The van der Waals surface area contributed by atoms with Gasteiger partial charge in [0.25, 0.3) is 0 Å². The summed E-state index contributed by atoms with van der Waals surface area (Å²) in [5, 5.41) is 64.1. The fourth-order valence-electron chi connectivity index (χ4n) is 8.94. The third-order valence-corrected chi connectivity index (χ3v) is 12.9. The molecule has 0 bridgehead atoms. The molecule has 386 valence electrons. The largest absolute Gasteiger partial charge is 0.477 e. The number of carboxylic acid groups (broad SMARTS) is 2. The SMILES string of the molecule is N=C(NCCCCCCNC(=N)NC(=N)N1CCN(c2cc3c(cc2F)c(=O)c(C(=O)O)cn3-c2ccc(F)cc2)CC1)NC(=N)N1CCN(c2cc3c(cc2F)c(=O)c(C(=O)O)cn3-c2ccc(F)cc2)CC1. The molecule has 0 atom stereocenters. The molecule has 2 fully saturated rings. The molecule has 0 radical (unpaired) electrons. The summed E-state index contributed by atoms with van der Waals surface area (Å²) < 4.78 is 61.5. The first-order valence-electron chi connectivity index (χ1n) is 23.6. The number of carbonyl (C=O) groups is 2. The molecule has 20 nitrogen and oxygen atoms in total. The van der Waals surface area contributed by atoms with E-state index in [1.165, 1.54) is 69.8 Å². The number of fused-ring (bicyclic) bond motifs is 2. The topological polar surface area (TPSA) is 275 Å². The maximum Gasteiger partial charge on any atom is 0.341 e. The molecule has 4 aromatic carbocycles. The predicted molar refractivity (Wildman–Crippen MR) is 272 cm³/mol. The summed E-state index contributed by atoms with van der Waals surface area (Å²) in [6.07, 6.45) is 5.38. The molecule has 4 heterocycles. The van der Waals surface area contributed by atoms with E-state index in [1.54, 1.807) is 19.6 Å². The number of anilines is 2. The number of carboxylic acids is 2. The molecule has 0 spiro atoms. The van der Waals surface area contributed by atoms with Crippen molar-refractivity contribution in [2.45, 2.75) is 25.7 Å². The maximum absolute atomic E-state index is 15.6. The van der Waals surface area contributed by atoms with Crippen molar-refractivity contribution in [2.24, 2.45) is 0 Å². The Bertz CT molecular complexity index is 3080. The number of hydrogen-bond donors (Lipinski definition) is 10. The summed E-state index contributed by atoms with van der Waals surface area (Å²) in [7, 11) is 0. The van der Waals surface area contributed by atoms with Crippen LogP contribution >= 0.6 is 0 Å². The zero-order valence-electron chi connectivity index (χ0n) is 39.7. The molecule has 2 aliphatic rings. The second-order valence-corrected chi connectivity index (χ2v) is 17.6. The van der Waals surface area contributed by atoms with Gasteiger partial charge in [0.15, 0.2) is 23.8 Å². The van der Waals surface area contributed by atoms with E-state index in [1.807, 2.05) is 0 Å². The number of pyridine rings is 2. The van der Waals surface area contributed by atoms with Gasteiger partial charge in [-0.05, 0) is 85.6 Å². The molecule has 74 heavy (non-hydrogen) atoms. The summed E-state index contributed by atoms with van der Waals surface area (Å²) in [5.41, 5.74) is -1.27. The van der Waals surface area contributed by atoms with Crippen molar-refractivity contribution in [3.63, 3.8) is 0 Å². The molecule has 0 unspecified atom stereocenters. The van der Waals surface area contributed by atoms with Crippen LogP contribution in [0, 0.1) is 44.9 Å². The molecule has 6 aromatic rings. The number of halogens is 4. The zero-order valence-corrected chi connectivity index (χ0v) is 39.7. The molecule has 2 aliphatic heterocycles. The molecule has 10 N–H and O–H groups in total. The van der Waals surface area contributed by atoms with Crippen LogP contribution in [0.15, 0.2) is 94.8 Å². The minimum absolute atomic E-state index is 0.0135. The van der Waals surface area contributed by atoms with Crippen LogP contribution in [0.4, 0.5) is 28.9 Å². The minimum Gasteiger partial charge on any atom is -0.477 e. The van der Waals surface area contributed by atoms with Crippen molar-refractivity contribution >= 4 is 69.0 Å². The molecular formula is C50H52F4N14O6. The summed E-state index contributed by atoms with van der Waals surface area (Å²) in [6, 6.07) is 15.4. The fourth-order valence-corrected chi connectivity index (χ4v) is 8.94. The molecule has 8 rings (SSSR count). The van der Waals surface area contributed by atoms with E-state index in [0.717, 1.165) is 50.2 Å². The van der Waals surface area contributed by atoms with Gasteiger partial charge in [-0.1, -0.05) is 12.8 Å². The third kappa shape index (κ3) is 11.4. The molecule has 0 amide bonds. The lowest BCUT2D eigenvalue weighted by atomic mass is 10.1. The van der Waals surface area contributed by atoms with Gasteiger partial charge in [-0.15, -0.1) is 0 Å². The van der Waals surface area contributed by atoms with Gasteiger partial charge in [0.1, 0.15) is 34.4 Å². The number of piperazine rings is 2. The molecule has 2 saturated heterocycles. The summed E-state index contributed by atoms with van der Waals surface area (Å²) in [6.45, 7) is 3.35. The Balaban J connectivity index is 0.724. The predicted octanol–water partition coefficient (Wildman–Crippen LogP) is 4.85. The number of hydrogen-bond acceptors (Lipinski definition) is 10. The fraction of sp³-hybridized carbons (Fsp3) is 0.280. The van der Waals surface area contributed by atoms with E-state index in [-0.39, 0.29) is 57.0 Å². The van der Waals surface area contributed by atoms with Crippen LogP contribution in [0.25, 0.3) is 33.2 Å². The van der Waals surface area contributed by atoms with Gasteiger partial charge in [0, 0.05) is 100.0 Å². The molecule has 0 saturated carbocycles. The van der Waals surface area contributed by atoms with E-state index < -0.39 is 57.2 Å². The normalized spacial score (nSPS) is 13.7. The van der Waals surface area contributed by atoms with Crippen molar-refractivity contribution < 1.29 is 37.4 Å². The monoisotopic (exact) mass is 1020 g/mol.